The second-order valence-corrected chi connectivity index (χ2v) is 6.34. The summed E-state index contributed by atoms with van der Waals surface area (Å²) in [4.78, 5) is 6.93. The average molecular weight is 345 g/mol. The van der Waals surface area contributed by atoms with Gasteiger partial charge in [-0.2, -0.15) is 0 Å². The van der Waals surface area contributed by atoms with Crippen LogP contribution in [-0.4, -0.2) is 34.6 Å². The molecule has 0 aliphatic rings. The Kier molecular flexibility index (Phi) is 4.87. The van der Waals surface area contributed by atoms with Gasteiger partial charge in [-0.15, -0.1) is 11.6 Å². The Hall–Kier alpha value is -0.580. The lowest BCUT2D eigenvalue weighted by Crippen LogP contribution is -2.23. The van der Waals surface area contributed by atoms with E-state index >= 15 is 0 Å². The van der Waals surface area contributed by atoms with E-state index in [1.54, 1.807) is 0 Å². The summed E-state index contributed by atoms with van der Waals surface area (Å²) in [6.45, 7) is 7.07. The maximum Gasteiger partial charge on any atom is 0.127 e. The number of aromatic nitrogens is 2. The molecule has 1 aromatic heterocycles. The van der Waals surface area contributed by atoms with Crippen LogP contribution in [0.4, 0.5) is 0 Å². The summed E-state index contributed by atoms with van der Waals surface area (Å²) >= 11 is 9.78. The van der Waals surface area contributed by atoms with Crippen LogP contribution in [0.1, 0.15) is 25.0 Å². The number of alkyl halides is 1. The molecule has 0 amide bonds. The molecule has 104 valence electrons. The second-order valence-electron chi connectivity index (χ2n) is 4.77. The van der Waals surface area contributed by atoms with Crippen LogP contribution >= 0.6 is 27.5 Å². The van der Waals surface area contributed by atoms with Gasteiger partial charge in [0, 0.05) is 17.6 Å². The van der Waals surface area contributed by atoms with Crippen molar-refractivity contribution in [1.29, 1.82) is 0 Å². The lowest BCUT2D eigenvalue weighted by molar-refractivity contribution is 0.335. The SMILES string of the molecule is CCN(C)CCn1c(C(C)Cl)nc2ccc(Br)cc21. The zero-order valence-electron chi connectivity index (χ0n) is 11.5. The maximum atomic E-state index is 6.26. The van der Waals surface area contributed by atoms with Gasteiger partial charge in [0.1, 0.15) is 5.82 Å². The topological polar surface area (TPSA) is 21.1 Å². The molecule has 2 rings (SSSR count). The third-order valence-electron chi connectivity index (χ3n) is 3.34. The van der Waals surface area contributed by atoms with Crippen LogP contribution in [0, 0.1) is 0 Å². The Morgan fingerprint density at radius 2 is 2.21 bits per heavy atom. The van der Waals surface area contributed by atoms with Gasteiger partial charge in [-0.05, 0) is 38.7 Å². The molecule has 0 bridgehead atoms. The summed E-state index contributed by atoms with van der Waals surface area (Å²) in [6.07, 6.45) is 0. The number of benzene rings is 1. The van der Waals surface area contributed by atoms with Gasteiger partial charge in [-0.3, -0.25) is 0 Å². The van der Waals surface area contributed by atoms with Crippen molar-refractivity contribution in [1.82, 2.24) is 14.5 Å². The lowest BCUT2D eigenvalue weighted by atomic mass is 10.3. The summed E-state index contributed by atoms with van der Waals surface area (Å²) in [7, 11) is 2.12. The Morgan fingerprint density at radius 3 is 2.84 bits per heavy atom. The first kappa shape index (κ1) is 14.8. The van der Waals surface area contributed by atoms with Gasteiger partial charge in [0.2, 0.25) is 0 Å². The van der Waals surface area contributed by atoms with E-state index in [9.17, 15) is 0 Å². The van der Waals surface area contributed by atoms with E-state index in [-0.39, 0.29) is 5.38 Å². The lowest BCUT2D eigenvalue weighted by Gasteiger charge is -2.16. The van der Waals surface area contributed by atoms with E-state index in [4.69, 9.17) is 11.6 Å². The summed E-state index contributed by atoms with van der Waals surface area (Å²) in [5.74, 6) is 0.944. The van der Waals surface area contributed by atoms with E-state index in [1.807, 2.05) is 19.1 Å². The first-order valence-corrected chi connectivity index (χ1v) is 7.74. The quantitative estimate of drug-likeness (QED) is 0.763. The first-order valence-electron chi connectivity index (χ1n) is 6.51. The van der Waals surface area contributed by atoms with E-state index < -0.39 is 0 Å². The zero-order valence-corrected chi connectivity index (χ0v) is 13.9. The molecule has 0 aliphatic carbocycles. The number of fused-ring (bicyclic) bond motifs is 1. The average Bonchev–Trinajstić information content (AvgIpc) is 2.74. The number of halogens is 2. The van der Waals surface area contributed by atoms with E-state index in [1.165, 1.54) is 0 Å². The molecule has 3 nitrogen and oxygen atoms in total. The fourth-order valence-electron chi connectivity index (χ4n) is 2.08. The number of hydrogen-bond donors (Lipinski definition) is 0. The van der Waals surface area contributed by atoms with Crippen molar-refractivity contribution in [3.05, 3.63) is 28.5 Å². The number of imidazole rings is 1. The van der Waals surface area contributed by atoms with Crippen molar-refractivity contribution in [2.45, 2.75) is 25.8 Å². The van der Waals surface area contributed by atoms with E-state index in [0.29, 0.717) is 0 Å². The van der Waals surface area contributed by atoms with E-state index in [0.717, 1.165) is 41.0 Å². The predicted molar refractivity (Wildman–Crippen MR) is 84.9 cm³/mol. The summed E-state index contributed by atoms with van der Waals surface area (Å²) in [5.41, 5.74) is 2.14. The second kappa shape index (κ2) is 6.25. The fraction of sp³-hybridized carbons (Fsp3) is 0.500. The molecular formula is C14H19BrClN3. The Morgan fingerprint density at radius 1 is 1.47 bits per heavy atom. The summed E-state index contributed by atoms with van der Waals surface area (Å²) in [5, 5.41) is -0.0851. The molecule has 1 unspecified atom stereocenters. The van der Waals surface area contributed by atoms with Crippen LogP contribution < -0.4 is 0 Å². The van der Waals surface area contributed by atoms with Gasteiger partial charge in [-0.1, -0.05) is 22.9 Å². The van der Waals surface area contributed by atoms with Crippen molar-refractivity contribution in [2.75, 3.05) is 20.1 Å². The van der Waals surface area contributed by atoms with Gasteiger partial charge < -0.3 is 9.47 Å². The molecule has 0 N–H and O–H groups in total. The third kappa shape index (κ3) is 3.30. The molecule has 0 saturated heterocycles. The Bertz CT molecular complexity index is 565. The minimum Gasteiger partial charge on any atom is -0.325 e. The van der Waals surface area contributed by atoms with Crippen LogP contribution in [0.15, 0.2) is 22.7 Å². The molecule has 1 heterocycles. The largest absolute Gasteiger partial charge is 0.325 e. The van der Waals surface area contributed by atoms with Crippen molar-refractivity contribution in [3.8, 4) is 0 Å². The van der Waals surface area contributed by atoms with Crippen LogP contribution in [-0.2, 0) is 6.54 Å². The molecule has 0 radical (unpaired) electrons. The van der Waals surface area contributed by atoms with Gasteiger partial charge in [0.15, 0.2) is 0 Å². The Balaban J connectivity index is 2.42. The summed E-state index contributed by atoms with van der Waals surface area (Å²) < 4.78 is 3.29. The standard InChI is InChI=1S/C14H19BrClN3/c1-4-18(3)7-8-19-13-9-11(15)5-6-12(13)17-14(19)10(2)16/h5-6,9-10H,4,7-8H2,1-3H3. The molecule has 0 aliphatic heterocycles. The fourth-order valence-corrected chi connectivity index (χ4v) is 2.60. The zero-order chi connectivity index (χ0) is 14.0. The van der Waals surface area contributed by atoms with Gasteiger partial charge in [-0.25, -0.2) is 4.98 Å². The van der Waals surface area contributed by atoms with Gasteiger partial charge >= 0.3 is 0 Å². The highest BCUT2D eigenvalue weighted by molar-refractivity contribution is 9.10. The molecular weight excluding hydrogens is 326 g/mol. The van der Waals surface area contributed by atoms with Crippen LogP contribution in [0.5, 0.6) is 0 Å². The number of likely N-dealkylation sites (N-methyl/N-ethyl adjacent to an activating group) is 1. The van der Waals surface area contributed by atoms with Crippen LogP contribution in [0.25, 0.3) is 11.0 Å². The third-order valence-corrected chi connectivity index (χ3v) is 4.03. The Labute approximate surface area is 127 Å². The molecule has 0 spiro atoms. The molecule has 5 heteroatoms. The van der Waals surface area contributed by atoms with Crippen molar-refractivity contribution in [3.63, 3.8) is 0 Å². The van der Waals surface area contributed by atoms with Gasteiger partial charge in [0.05, 0.1) is 16.4 Å². The minimum absolute atomic E-state index is 0.0851. The molecule has 0 fully saturated rings. The monoisotopic (exact) mass is 343 g/mol. The highest BCUT2D eigenvalue weighted by Gasteiger charge is 2.15. The van der Waals surface area contributed by atoms with Crippen molar-refractivity contribution in [2.24, 2.45) is 0 Å². The highest BCUT2D eigenvalue weighted by atomic mass is 79.9. The molecule has 1 aromatic carbocycles. The molecule has 1 atom stereocenters. The number of rotatable bonds is 5. The maximum absolute atomic E-state index is 6.26. The van der Waals surface area contributed by atoms with Crippen LogP contribution in [0.3, 0.4) is 0 Å². The van der Waals surface area contributed by atoms with Crippen LogP contribution in [0.2, 0.25) is 0 Å². The highest BCUT2D eigenvalue weighted by Crippen LogP contribution is 2.26. The van der Waals surface area contributed by atoms with E-state index in [2.05, 4.69) is 50.4 Å². The molecule has 19 heavy (non-hydrogen) atoms. The smallest absolute Gasteiger partial charge is 0.127 e. The summed E-state index contributed by atoms with van der Waals surface area (Å²) in [6, 6.07) is 6.15. The van der Waals surface area contributed by atoms with Gasteiger partial charge in [0.25, 0.3) is 0 Å². The first-order chi connectivity index (χ1) is 9.02. The number of nitrogens with zero attached hydrogens (tertiary/aromatic N) is 3. The normalized spacial score (nSPS) is 13.4. The predicted octanol–water partition coefficient (Wildman–Crippen LogP) is 4.05. The molecule has 2 aromatic rings. The minimum atomic E-state index is -0.0851. The molecule has 0 saturated carbocycles. The van der Waals surface area contributed by atoms with Crippen molar-refractivity contribution < 1.29 is 0 Å². The number of hydrogen-bond acceptors (Lipinski definition) is 2. The van der Waals surface area contributed by atoms with Crippen molar-refractivity contribution >= 4 is 38.6 Å².